The van der Waals surface area contributed by atoms with E-state index in [1.807, 2.05) is 5.57 Å². The number of rotatable bonds is 8. The molecular weight excluding hydrogens is 737 g/mol. The van der Waals surface area contributed by atoms with Gasteiger partial charge in [-0.1, -0.05) is 54.1 Å². The second kappa shape index (κ2) is 8.52. The van der Waals surface area contributed by atoms with E-state index < -0.39 is 0 Å². The Morgan fingerprint density at radius 3 is 2.53 bits per heavy atom. The van der Waals surface area contributed by atoms with Crippen LogP contribution in [0, 0.1) is 11.8 Å². The monoisotopic (exact) mass is 772 g/mol. The first-order valence-electron chi connectivity index (χ1n) is 22.7. The van der Waals surface area contributed by atoms with Gasteiger partial charge in [0, 0.05) is 41.4 Å². The van der Waals surface area contributed by atoms with Crippen LogP contribution in [0.15, 0.2) is 65.4 Å². The van der Waals surface area contributed by atoms with Crippen molar-refractivity contribution in [2.75, 3.05) is 6.61 Å². The zero-order valence-corrected chi connectivity index (χ0v) is 33.3. The summed E-state index contributed by atoms with van der Waals surface area (Å²) in [7, 11) is 0. The number of hydrogen-bond acceptors (Lipinski definition) is 3. The molecule has 0 radical (unpaired) electrons. The van der Waals surface area contributed by atoms with Gasteiger partial charge in [-0.3, -0.25) is 4.79 Å². The molecule has 0 aliphatic heterocycles. The number of ether oxygens (including phenoxy) is 1. The molecule has 10 aromatic rings. The Hall–Kier alpha value is -5.25. The Bertz CT molecular complexity index is 3870. The maximum Gasteiger partial charge on any atom is 0.305 e. The van der Waals surface area contributed by atoms with Crippen molar-refractivity contribution in [2.24, 2.45) is 11.8 Å². The summed E-state index contributed by atoms with van der Waals surface area (Å²) in [6.07, 6.45) is 12.2. The highest BCUT2D eigenvalue weighted by atomic mass is 32.1. The summed E-state index contributed by atoms with van der Waals surface area (Å²) in [6.45, 7) is 0.468. The molecule has 7 unspecified atom stereocenters. The topological polar surface area (TPSA) is 26.3 Å². The normalized spacial score (nSPS) is 29.8. The fourth-order valence-corrected chi connectivity index (χ4v) is 19.0. The van der Waals surface area contributed by atoms with Crippen LogP contribution in [0.1, 0.15) is 112 Å². The highest BCUT2D eigenvalue weighted by molar-refractivity contribution is 7.08. The number of hydrogen-bond donors (Lipinski definition) is 0. The van der Waals surface area contributed by atoms with E-state index in [-0.39, 0.29) is 16.8 Å². The molecule has 7 atom stereocenters. The minimum absolute atomic E-state index is 0.0175. The Morgan fingerprint density at radius 2 is 1.63 bits per heavy atom. The van der Waals surface area contributed by atoms with E-state index in [1.165, 1.54) is 36.8 Å². The number of benzene rings is 6. The zero-order chi connectivity index (χ0) is 37.3. The lowest BCUT2D eigenvalue weighted by Gasteiger charge is -2.32. The van der Waals surface area contributed by atoms with Crippen molar-refractivity contribution in [3.8, 4) is 0 Å². The van der Waals surface area contributed by atoms with Crippen LogP contribution in [0.25, 0.3) is 86.6 Å². The van der Waals surface area contributed by atoms with Gasteiger partial charge in [-0.25, -0.2) is 0 Å². The lowest BCUT2D eigenvalue weighted by atomic mass is 9.71. The number of thiophene rings is 1. The first kappa shape index (κ1) is 29.1. The van der Waals surface area contributed by atoms with Crippen LogP contribution >= 0.6 is 11.3 Å². The van der Waals surface area contributed by atoms with E-state index in [2.05, 4.69) is 65.4 Å². The molecular formula is C56H36O2S. The van der Waals surface area contributed by atoms with Gasteiger partial charge in [-0.15, -0.1) is 0 Å². The predicted molar refractivity (Wildman–Crippen MR) is 239 cm³/mol. The van der Waals surface area contributed by atoms with E-state index in [1.54, 1.807) is 142 Å². The second-order valence-corrected chi connectivity index (χ2v) is 21.7. The van der Waals surface area contributed by atoms with Gasteiger partial charge in [0.05, 0.1) is 6.61 Å². The average molecular weight is 773 g/mol. The Balaban J connectivity index is 0.947. The van der Waals surface area contributed by atoms with Gasteiger partial charge < -0.3 is 4.74 Å². The summed E-state index contributed by atoms with van der Waals surface area (Å²) in [6, 6.07) is 19.4. The van der Waals surface area contributed by atoms with Crippen LogP contribution in [-0.4, -0.2) is 12.6 Å². The Labute approximate surface area is 342 Å². The summed E-state index contributed by atoms with van der Waals surface area (Å²) in [5.41, 5.74) is 19.8. The molecule has 2 nitrogen and oxygen atoms in total. The number of allylic oxidation sites excluding steroid dienone is 2. The zero-order valence-electron chi connectivity index (χ0n) is 32.5. The molecule has 59 heavy (non-hydrogen) atoms. The largest absolute Gasteiger partial charge is 0.465 e. The van der Waals surface area contributed by atoms with Crippen molar-refractivity contribution in [3.63, 3.8) is 0 Å². The van der Waals surface area contributed by atoms with Crippen LogP contribution in [0.5, 0.6) is 0 Å². The van der Waals surface area contributed by atoms with Gasteiger partial charge in [0.15, 0.2) is 0 Å². The molecule has 9 aromatic carbocycles. The standard InChI is InChI=1S/C56H36O2S/c57-32(58-11-8-22-9-12-59-21-22)7-4-10-55(30-5-2-1-3-6-30)54-31-19-28-17-25-15-26-14-23-13-24-16-27-18-29-20-56(54,55)53-39(29)44-38(27)43-34(24)33(23)41-37(26)42-35(25)36(28)45-40(31)52(53)51-49(44)47(43)46(41)48(42)50(45)51/h1-3,5-6,9,12,15,18-19,21,23-24,29,33,54H,4,7-8,10-11,13-14,16-17,20H2. The van der Waals surface area contributed by atoms with Crippen molar-refractivity contribution < 1.29 is 9.53 Å². The quantitative estimate of drug-likeness (QED) is 0.114. The highest BCUT2D eigenvalue weighted by Crippen LogP contribution is 2.87. The summed E-state index contributed by atoms with van der Waals surface area (Å²) < 4.78 is 5.91. The lowest BCUT2D eigenvalue weighted by molar-refractivity contribution is -0.143. The average Bonchev–Trinajstić information content (AvgIpc) is 4.03. The first-order chi connectivity index (χ1) is 29.2. The molecule has 19 rings (SSSR count). The van der Waals surface area contributed by atoms with Crippen LogP contribution in [0.4, 0.5) is 0 Å². The minimum atomic E-state index is -0.0655. The summed E-state index contributed by atoms with van der Waals surface area (Å²) in [4.78, 5) is 13.5. The van der Waals surface area contributed by atoms with E-state index in [9.17, 15) is 4.79 Å². The van der Waals surface area contributed by atoms with Crippen molar-refractivity contribution in [1.29, 1.82) is 0 Å². The molecule has 278 valence electrons. The molecule has 2 saturated carbocycles. The predicted octanol–water partition coefficient (Wildman–Crippen LogP) is 12.2. The minimum Gasteiger partial charge on any atom is -0.465 e. The van der Waals surface area contributed by atoms with Gasteiger partial charge in [-0.2, -0.15) is 11.3 Å². The maximum atomic E-state index is 13.5. The molecule has 0 saturated heterocycles. The molecule has 1 aromatic heterocycles. The third kappa shape index (κ3) is 2.55. The summed E-state index contributed by atoms with van der Waals surface area (Å²) in [5, 5.41) is 29.4. The molecule has 2 fully saturated rings. The van der Waals surface area contributed by atoms with Crippen LogP contribution in [-0.2, 0) is 39.6 Å². The van der Waals surface area contributed by atoms with Gasteiger partial charge >= 0.3 is 5.97 Å². The third-order valence-electron chi connectivity index (χ3n) is 19.3. The maximum absolute atomic E-state index is 13.5. The van der Waals surface area contributed by atoms with E-state index >= 15 is 0 Å². The number of esters is 1. The molecule has 3 heteroatoms. The molecule has 1 heterocycles. The Kier molecular flexibility index (Phi) is 4.20. The van der Waals surface area contributed by atoms with Crippen molar-refractivity contribution in [2.45, 2.75) is 86.4 Å². The van der Waals surface area contributed by atoms with Crippen molar-refractivity contribution in [3.05, 3.63) is 126 Å². The van der Waals surface area contributed by atoms with Gasteiger partial charge in [0.1, 0.15) is 0 Å². The van der Waals surface area contributed by atoms with E-state index in [0.717, 1.165) is 31.6 Å². The fourth-order valence-electron chi connectivity index (χ4n) is 18.3. The summed E-state index contributed by atoms with van der Waals surface area (Å²) >= 11 is 1.71. The SMILES string of the molecule is O=C(CCCC1(c2ccccc2)C2c3cc4c5c6c(cc7c8c9c%10c%11c%12c%13c%14c%15c(c%16c3c5c(c%10c86)c%16c%14%11)C21CC%15C=C%13CC1CC(C7)C9C=%121)C4)OCCc1ccsc1. The molecule has 0 amide bonds. The number of carbonyl (C=O) groups is 1. The van der Waals surface area contributed by atoms with Gasteiger partial charge in [0.2, 0.25) is 0 Å². The summed E-state index contributed by atoms with van der Waals surface area (Å²) in [5.74, 6) is 2.88. The van der Waals surface area contributed by atoms with Crippen molar-refractivity contribution >= 4 is 104 Å². The molecule has 9 aliphatic carbocycles. The molecule has 0 bridgehead atoms. The smallest absolute Gasteiger partial charge is 0.305 e. The molecule has 9 aliphatic rings. The van der Waals surface area contributed by atoms with E-state index in [0.29, 0.717) is 36.7 Å². The second-order valence-electron chi connectivity index (χ2n) is 20.9. The van der Waals surface area contributed by atoms with Crippen LogP contribution in [0.2, 0.25) is 0 Å². The van der Waals surface area contributed by atoms with Crippen LogP contribution in [0.3, 0.4) is 0 Å². The Morgan fingerprint density at radius 1 is 0.797 bits per heavy atom. The van der Waals surface area contributed by atoms with Gasteiger partial charge in [-0.05, 0) is 215 Å². The van der Waals surface area contributed by atoms with Gasteiger partial charge in [0.25, 0.3) is 0 Å². The van der Waals surface area contributed by atoms with E-state index in [4.69, 9.17) is 4.74 Å². The van der Waals surface area contributed by atoms with Crippen molar-refractivity contribution in [1.82, 2.24) is 0 Å². The van der Waals surface area contributed by atoms with Crippen LogP contribution < -0.4 is 5.22 Å². The number of carbonyl (C=O) groups excluding carboxylic acids is 1. The molecule has 0 N–H and O–H groups in total. The fraction of sp³-hybridized carbons (Fsp3) is 0.304. The number of fused-ring (bicyclic) bond motifs is 1. The first-order valence-corrected chi connectivity index (χ1v) is 23.7. The molecule has 1 spiro atoms. The third-order valence-corrected chi connectivity index (χ3v) is 20.1. The highest BCUT2D eigenvalue weighted by Gasteiger charge is 2.81. The lowest BCUT2D eigenvalue weighted by Crippen LogP contribution is -2.26.